The lowest BCUT2D eigenvalue weighted by molar-refractivity contribution is -0.138. The van der Waals surface area contributed by atoms with E-state index in [0.717, 1.165) is 19.4 Å². The van der Waals surface area contributed by atoms with E-state index in [9.17, 15) is 4.79 Å². The number of ether oxygens (including phenoxy) is 1. The van der Waals surface area contributed by atoms with Crippen molar-refractivity contribution in [1.29, 1.82) is 0 Å². The van der Waals surface area contributed by atoms with E-state index in [2.05, 4.69) is 0 Å². The Bertz CT molecular complexity index is 253. The fraction of sp³-hybridized carbons (Fsp3) is 0.917. The molecular weight excluding hydrogens is 240 g/mol. The molecule has 0 bridgehead atoms. The van der Waals surface area contributed by atoms with Gasteiger partial charge in [0.1, 0.15) is 0 Å². The molecule has 102 valence electrons. The van der Waals surface area contributed by atoms with Crippen LogP contribution >= 0.6 is 12.4 Å². The quantitative estimate of drug-likeness (QED) is 0.821. The summed E-state index contributed by atoms with van der Waals surface area (Å²) in [5.41, 5.74) is 5.80. The van der Waals surface area contributed by atoms with Crippen LogP contribution in [0.2, 0.25) is 0 Å². The number of halogens is 1. The van der Waals surface area contributed by atoms with E-state index in [4.69, 9.17) is 10.5 Å². The van der Waals surface area contributed by atoms with Crippen LogP contribution in [0.3, 0.4) is 0 Å². The van der Waals surface area contributed by atoms with Crippen LogP contribution in [-0.4, -0.2) is 43.2 Å². The SMILES string of the molecule is COC1CCCN(C(=O)[C@@H](N)C(C)(C)C)C1.Cl. The molecule has 0 aromatic carbocycles. The van der Waals surface area contributed by atoms with E-state index < -0.39 is 6.04 Å². The minimum absolute atomic E-state index is 0. The van der Waals surface area contributed by atoms with Gasteiger partial charge in [0.15, 0.2) is 0 Å². The maximum Gasteiger partial charge on any atom is 0.240 e. The van der Waals surface area contributed by atoms with Crippen LogP contribution in [0.15, 0.2) is 0 Å². The van der Waals surface area contributed by atoms with Crippen LogP contribution in [0.1, 0.15) is 33.6 Å². The molecule has 1 saturated heterocycles. The number of carbonyl (C=O) groups is 1. The standard InChI is InChI=1S/C12H24N2O2.ClH/c1-12(2,3)10(13)11(15)14-7-5-6-9(8-14)16-4;/h9-10H,5-8,13H2,1-4H3;1H/t9?,10-;/m1./s1. The zero-order chi connectivity index (χ0) is 12.3. The fourth-order valence-corrected chi connectivity index (χ4v) is 1.90. The van der Waals surface area contributed by atoms with Gasteiger partial charge < -0.3 is 15.4 Å². The molecular formula is C12H25ClN2O2. The molecule has 2 N–H and O–H groups in total. The molecule has 0 radical (unpaired) electrons. The lowest BCUT2D eigenvalue weighted by atomic mass is 9.86. The molecule has 5 heteroatoms. The number of hydrogen-bond donors (Lipinski definition) is 1. The largest absolute Gasteiger partial charge is 0.380 e. The number of carbonyl (C=O) groups excluding carboxylic acids is 1. The molecule has 4 nitrogen and oxygen atoms in total. The number of methoxy groups -OCH3 is 1. The monoisotopic (exact) mass is 264 g/mol. The van der Waals surface area contributed by atoms with Crippen molar-refractivity contribution in [2.45, 2.75) is 45.8 Å². The first kappa shape index (κ1) is 16.7. The van der Waals surface area contributed by atoms with Gasteiger partial charge in [0.05, 0.1) is 12.1 Å². The summed E-state index contributed by atoms with van der Waals surface area (Å²) in [7, 11) is 1.70. The summed E-state index contributed by atoms with van der Waals surface area (Å²) in [5, 5.41) is 0. The number of nitrogens with two attached hydrogens (primary N) is 1. The smallest absolute Gasteiger partial charge is 0.240 e. The highest BCUT2D eigenvalue weighted by molar-refractivity contribution is 5.85. The van der Waals surface area contributed by atoms with Gasteiger partial charge in [-0.2, -0.15) is 0 Å². The highest BCUT2D eigenvalue weighted by atomic mass is 35.5. The van der Waals surface area contributed by atoms with E-state index in [1.165, 1.54) is 0 Å². The molecule has 1 unspecified atom stereocenters. The molecule has 2 atom stereocenters. The fourth-order valence-electron chi connectivity index (χ4n) is 1.90. The number of amides is 1. The van der Waals surface area contributed by atoms with Gasteiger partial charge in [0.25, 0.3) is 0 Å². The Morgan fingerprint density at radius 3 is 2.53 bits per heavy atom. The van der Waals surface area contributed by atoms with Crippen molar-refractivity contribution in [3.05, 3.63) is 0 Å². The van der Waals surface area contributed by atoms with Crippen molar-refractivity contribution in [3.63, 3.8) is 0 Å². The average Bonchev–Trinajstić information content (AvgIpc) is 2.26. The van der Waals surface area contributed by atoms with Gasteiger partial charge in [-0.15, -0.1) is 12.4 Å². The molecule has 0 aromatic rings. The molecule has 1 aliphatic heterocycles. The third-order valence-electron chi connectivity index (χ3n) is 3.22. The number of rotatable bonds is 2. The third-order valence-corrected chi connectivity index (χ3v) is 3.22. The summed E-state index contributed by atoms with van der Waals surface area (Å²) < 4.78 is 5.30. The average molecular weight is 265 g/mol. The van der Waals surface area contributed by atoms with E-state index in [1.807, 2.05) is 25.7 Å². The number of piperidine rings is 1. The van der Waals surface area contributed by atoms with Crippen LogP contribution in [0.5, 0.6) is 0 Å². The first-order chi connectivity index (χ1) is 7.36. The molecule has 1 fully saturated rings. The summed E-state index contributed by atoms with van der Waals surface area (Å²) in [6.07, 6.45) is 2.21. The first-order valence-corrected chi connectivity index (χ1v) is 5.93. The topological polar surface area (TPSA) is 55.6 Å². The number of nitrogens with zero attached hydrogens (tertiary/aromatic N) is 1. The van der Waals surface area contributed by atoms with E-state index in [1.54, 1.807) is 7.11 Å². The van der Waals surface area contributed by atoms with E-state index >= 15 is 0 Å². The Morgan fingerprint density at radius 1 is 1.47 bits per heavy atom. The second-order valence-electron chi connectivity index (χ2n) is 5.63. The first-order valence-electron chi connectivity index (χ1n) is 5.93. The lowest BCUT2D eigenvalue weighted by Crippen LogP contribution is -2.53. The molecule has 17 heavy (non-hydrogen) atoms. The lowest BCUT2D eigenvalue weighted by Gasteiger charge is -2.36. The van der Waals surface area contributed by atoms with Crippen molar-refractivity contribution >= 4 is 18.3 Å². The Kier molecular flexibility index (Phi) is 6.45. The van der Waals surface area contributed by atoms with Crippen molar-refractivity contribution in [1.82, 2.24) is 4.90 Å². The molecule has 0 spiro atoms. The minimum atomic E-state index is -0.428. The van der Waals surface area contributed by atoms with Crippen molar-refractivity contribution in [2.24, 2.45) is 11.1 Å². The summed E-state index contributed by atoms with van der Waals surface area (Å²) in [6.45, 7) is 7.47. The minimum Gasteiger partial charge on any atom is -0.380 e. The highest BCUT2D eigenvalue weighted by Crippen LogP contribution is 2.21. The van der Waals surface area contributed by atoms with Crippen LogP contribution in [0.25, 0.3) is 0 Å². The highest BCUT2D eigenvalue weighted by Gasteiger charge is 2.33. The summed E-state index contributed by atoms with van der Waals surface area (Å²) in [5.74, 6) is 0.0502. The molecule has 0 saturated carbocycles. The van der Waals surface area contributed by atoms with E-state index in [0.29, 0.717) is 6.54 Å². The van der Waals surface area contributed by atoms with Crippen LogP contribution < -0.4 is 5.73 Å². The van der Waals surface area contributed by atoms with E-state index in [-0.39, 0.29) is 29.8 Å². The normalized spacial score (nSPS) is 22.9. The third kappa shape index (κ3) is 4.45. The summed E-state index contributed by atoms with van der Waals surface area (Å²) in [4.78, 5) is 14.0. The Balaban J connectivity index is 0.00000256. The molecule has 0 aliphatic carbocycles. The predicted molar refractivity (Wildman–Crippen MR) is 71.3 cm³/mol. The molecule has 0 aromatic heterocycles. The second-order valence-corrected chi connectivity index (χ2v) is 5.63. The zero-order valence-corrected chi connectivity index (χ0v) is 12.0. The Labute approximate surface area is 110 Å². The summed E-state index contributed by atoms with van der Waals surface area (Å²) in [6, 6.07) is -0.428. The van der Waals surface area contributed by atoms with Crippen molar-refractivity contribution in [3.8, 4) is 0 Å². The van der Waals surface area contributed by atoms with Gasteiger partial charge >= 0.3 is 0 Å². The molecule has 1 amide bonds. The van der Waals surface area contributed by atoms with Crippen LogP contribution in [0.4, 0.5) is 0 Å². The van der Waals surface area contributed by atoms with Gasteiger partial charge in [-0.25, -0.2) is 0 Å². The van der Waals surface area contributed by atoms with Gasteiger partial charge in [-0.3, -0.25) is 4.79 Å². The number of hydrogen-bond acceptors (Lipinski definition) is 3. The number of likely N-dealkylation sites (tertiary alicyclic amines) is 1. The maximum absolute atomic E-state index is 12.2. The van der Waals surface area contributed by atoms with Crippen molar-refractivity contribution in [2.75, 3.05) is 20.2 Å². The van der Waals surface area contributed by atoms with Gasteiger partial charge in [-0.1, -0.05) is 20.8 Å². The van der Waals surface area contributed by atoms with Crippen molar-refractivity contribution < 1.29 is 9.53 Å². The maximum atomic E-state index is 12.2. The Morgan fingerprint density at radius 2 is 2.06 bits per heavy atom. The van der Waals surface area contributed by atoms with Gasteiger partial charge in [-0.05, 0) is 18.3 Å². The van der Waals surface area contributed by atoms with Crippen LogP contribution in [0, 0.1) is 5.41 Å². The second kappa shape index (κ2) is 6.57. The molecule has 1 aliphatic rings. The summed E-state index contributed by atoms with van der Waals surface area (Å²) >= 11 is 0. The van der Waals surface area contributed by atoms with Gasteiger partial charge in [0.2, 0.25) is 5.91 Å². The van der Waals surface area contributed by atoms with Gasteiger partial charge in [0, 0.05) is 20.2 Å². The zero-order valence-electron chi connectivity index (χ0n) is 11.2. The molecule has 1 heterocycles. The van der Waals surface area contributed by atoms with Crippen LogP contribution in [-0.2, 0) is 9.53 Å². The Hall–Kier alpha value is -0.320. The molecule has 1 rings (SSSR count). The predicted octanol–water partition coefficient (Wildman–Crippen LogP) is 1.42.